The van der Waals surface area contributed by atoms with Crippen molar-refractivity contribution in [1.82, 2.24) is 4.98 Å². The third kappa shape index (κ3) is 3.85. The van der Waals surface area contributed by atoms with Gasteiger partial charge in [-0.3, -0.25) is 10.1 Å². The Labute approximate surface area is 150 Å². The molecule has 0 saturated heterocycles. The van der Waals surface area contributed by atoms with Gasteiger partial charge in [-0.2, -0.15) is 0 Å². The summed E-state index contributed by atoms with van der Waals surface area (Å²) in [5, 5.41) is 3.27. The van der Waals surface area contributed by atoms with Crippen molar-refractivity contribution in [2.45, 2.75) is 20.5 Å². The monoisotopic (exact) mass is 352 g/mol. The van der Waals surface area contributed by atoms with Gasteiger partial charge in [-0.15, -0.1) is 0 Å². The lowest BCUT2D eigenvalue weighted by atomic mass is 10.1. The maximum atomic E-state index is 12.4. The van der Waals surface area contributed by atoms with Gasteiger partial charge in [0.05, 0.1) is 12.3 Å². The Morgan fingerprint density at radius 2 is 1.96 bits per heavy atom. The Kier molecular flexibility index (Phi) is 5.22. The number of amides is 1. The molecule has 3 rings (SSSR count). The molecule has 0 bridgehead atoms. The Bertz CT molecular complexity index is 995. The lowest BCUT2D eigenvalue weighted by Crippen LogP contribution is -2.17. The van der Waals surface area contributed by atoms with E-state index in [2.05, 4.69) is 10.3 Å². The number of nitrogens with one attached hydrogen (secondary N) is 2. The molecule has 0 fully saturated rings. The van der Waals surface area contributed by atoms with Crippen LogP contribution < -0.4 is 15.5 Å². The highest BCUT2D eigenvalue weighted by Gasteiger charge is 2.11. The topological polar surface area (TPSA) is 80.4 Å². The fraction of sp³-hybridized carbons (Fsp3) is 0.200. The average Bonchev–Trinajstić information content (AvgIpc) is 2.64. The molecule has 26 heavy (non-hydrogen) atoms. The minimum absolute atomic E-state index is 0.0249. The Hall–Kier alpha value is -3.28. The van der Waals surface area contributed by atoms with Crippen LogP contribution in [-0.2, 0) is 11.3 Å². The average molecular weight is 352 g/mol. The van der Waals surface area contributed by atoms with Crippen molar-refractivity contribution in [1.29, 1.82) is 0 Å². The van der Waals surface area contributed by atoms with Crippen molar-refractivity contribution >= 4 is 22.7 Å². The van der Waals surface area contributed by atoms with Crippen molar-refractivity contribution in [3.8, 4) is 5.75 Å². The van der Waals surface area contributed by atoms with Gasteiger partial charge >= 0.3 is 6.09 Å². The third-order valence-corrected chi connectivity index (χ3v) is 3.99. The van der Waals surface area contributed by atoms with E-state index in [1.807, 2.05) is 31.2 Å². The first-order valence-electron chi connectivity index (χ1n) is 8.35. The molecule has 0 unspecified atom stereocenters. The molecule has 1 amide bonds. The number of carbonyl (C=O) groups excluding carboxylic acids is 1. The second kappa shape index (κ2) is 7.74. The molecule has 2 aromatic carbocycles. The van der Waals surface area contributed by atoms with Crippen molar-refractivity contribution < 1.29 is 14.3 Å². The summed E-state index contributed by atoms with van der Waals surface area (Å²) < 4.78 is 10.7. The number of anilines is 1. The number of ether oxygens (including phenoxy) is 2. The van der Waals surface area contributed by atoms with Crippen LogP contribution in [0.5, 0.6) is 5.75 Å². The summed E-state index contributed by atoms with van der Waals surface area (Å²) in [5.74, 6) is 0.667. The van der Waals surface area contributed by atoms with E-state index in [-0.39, 0.29) is 12.0 Å². The zero-order chi connectivity index (χ0) is 18.5. The molecule has 0 spiro atoms. The summed E-state index contributed by atoms with van der Waals surface area (Å²) in [6.45, 7) is 4.12. The number of H-pyrrole nitrogens is 1. The molecular formula is C20H20N2O4. The normalized spacial score (nSPS) is 10.5. The van der Waals surface area contributed by atoms with Gasteiger partial charge in [0.25, 0.3) is 0 Å². The van der Waals surface area contributed by atoms with Crippen LogP contribution in [0, 0.1) is 6.92 Å². The molecule has 2 N–H and O–H groups in total. The summed E-state index contributed by atoms with van der Waals surface area (Å²) in [6.07, 6.45) is -0.605. The van der Waals surface area contributed by atoms with Crippen molar-refractivity contribution in [2.75, 3.05) is 11.9 Å². The number of hydrogen-bond donors (Lipinski definition) is 2. The molecule has 3 aromatic rings. The highest BCUT2D eigenvalue weighted by Crippen LogP contribution is 2.18. The number of rotatable bonds is 5. The molecule has 1 heterocycles. The SMILES string of the molecule is CCOc1cccc(NC(=O)OCc2[nH]c3ccccc3c(=O)c2C)c1. The number of aromatic amines is 1. The van der Waals surface area contributed by atoms with E-state index >= 15 is 0 Å². The van der Waals surface area contributed by atoms with E-state index in [0.29, 0.717) is 40.2 Å². The van der Waals surface area contributed by atoms with E-state index in [1.54, 1.807) is 31.2 Å². The first-order chi connectivity index (χ1) is 12.6. The predicted molar refractivity (Wildman–Crippen MR) is 101 cm³/mol. The number of hydrogen-bond acceptors (Lipinski definition) is 4. The molecule has 6 heteroatoms. The van der Waals surface area contributed by atoms with Crippen LogP contribution in [-0.4, -0.2) is 17.7 Å². The Balaban J connectivity index is 1.70. The van der Waals surface area contributed by atoms with E-state index < -0.39 is 6.09 Å². The van der Waals surface area contributed by atoms with E-state index in [4.69, 9.17) is 9.47 Å². The quantitative estimate of drug-likeness (QED) is 0.728. The highest BCUT2D eigenvalue weighted by atomic mass is 16.5. The van der Waals surface area contributed by atoms with Crippen LogP contribution in [0.2, 0.25) is 0 Å². The maximum Gasteiger partial charge on any atom is 0.412 e. The lowest BCUT2D eigenvalue weighted by molar-refractivity contribution is 0.153. The van der Waals surface area contributed by atoms with Gasteiger partial charge in [0.2, 0.25) is 0 Å². The molecule has 0 atom stereocenters. The Morgan fingerprint density at radius 3 is 2.77 bits per heavy atom. The second-order valence-electron chi connectivity index (χ2n) is 5.77. The number of pyridine rings is 1. The summed E-state index contributed by atoms with van der Waals surface area (Å²) >= 11 is 0. The first-order valence-corrected chi connectivity index (χ1v) is 8.35. The van der Waals surface area contributed by atoms with Crippen LogP contribution in [0.25, 0.3) is 10.9 Å². The first kappa shape index (κ1) is 17.5. The molecule has 6 nitrogen and oxygen atoms in total. The van der Waals surface area contributed by atoms with Gasteiger partial charge in [0.15, 0.2) is 5.43 Å². The van der Waals surface area contributed by atoms with E-state index in [9.17, 15) is 9.59 Å². The van der Waals surface area contributed by atoms with Gasteiger partial charge in [-0.1, -0.05) is 18.2 Å². The molecular weight excluding hydrogens is 332 g/mol. The second-order valence-corrected chi connectivity index (χ2v) is 5.77. The minimum atomic E-state index is -0.605. The van der Waals surface area contributed by atoms with Gasteiger partial charge in [0, 0.05) is 28.2 Å². The van der Waals surface area contributed by atoms with Crippen LogP contribution in [0.1, 0.15) is 18.2 Å². The molecule has 0 radical (unpaired) electrons. The van der Waals surface area contributed by atoms with Crippen LogP contribution in [0.4, 0.5) is 10.5 Å². The van der Waals surface area contributed by atoms with Gasteiger partial charge < -0.3 is 14.5 Å². The van der Waals surface area contributed by atoms with E-state index in [0.717, 1.165) is 0 Å². The number of fused-ring (bicyclic) bond motifs is 1. The van der Waals surface area contributed by atoms with E-state index in [1.165, 1.54) is 0 Å². The minimum Gasteiger partial charge on any atom is -0.494 e. The molecule has 0 aliphatic carbocycles. The van der Waals surface area contributed by atoms with Crippen LogP contribution in [0.3, 0.4) is 0 Å². The molecule has 0 aliphatic heterocycles. The van der Waals surface area contributed by atoms with Crippen LogP contribution in [0.15, 0.2) is 53.3 Å². The molecule has 1 aromatic heterocycles. The number of aromatic nitrogens is 1. The molecule has 134 valence electrons. The number of para-hydroxylation sites is 1. The standard InChI is InChI=1S/C20H20N2O4/c1-3-25-15-8-6-7-14(11-15)21-20(24)26-12-18-13(2)19(23)16-9-4-5-10-17(16)22-18/h4-11H,3,12H2,1-2H3,(H,21,24)(H,22,23). The number of benzene rings is 2. The largest absolute Gasteiger partial charge is 0.494 e. The lowest BCUT2D eigenvalue weighted by Gasteiger charge is -2.11. The summed E-state index contributed by atoms with van der Waals surface area (Å²) in [5.41, 5.74) is 2.33. The molecule has 0 aliphatic rings. The Morgan fingerprint density at radius 1 is 1.15 bits per heavy atom. The fourth-order valence-corrected chi connectivity index (χ4v) is 2.65. The van der Waals surface area contributed by atoms with Crippen LogP contribution >= 0.6 is 0 Å². The zero-order valence-corrected chi connectivity index (χ0v) is 14.7. The smallest absolute Gasteiger partial charge is 0.412 e. The van der Waals surface area contributed by atoms with Gasteiger partial charge in [-0.05, 0) is 38.1 Å². The zero-order valence-electron chi connectivity index (χ0n) is 14.7. The summed E-state index contributed by atoms with van der Waals surface area (Å²) in [7, 11) is 0. The predicted octanol–water partition coefficient (Wildman–Crippen LogP) is 3.98. The van der Waals surface area contributed by atoms with Crippen molar-refractivity contribution in [2.24, 2.45) is 0 Å². The highest BCUT2D eigenvalue weighted by molar-refractivity contribution is 5.85. The summed E-state index contributed by atoms with van der Waals surface area (Å²) in [4.78, 5) is 27.6. The van der Waals surface area contributed by atoms with Gasteiger partial charge in [0.1, 0.15) is 12.4 Å². The van der Waals surface area contributed by atoms with Crippen molar-refractivity contribution in [3.63, 3.8) is 0 Å². The van der Waals surface area contributed by atoms with Crippen molar-refractivity contribution in [3.05, 3.63) is 70.0 Å². The number of carbonyl (C=O) groups is 1. The van der Waals surface area contributed by atoms with Gasteiger partial charge in [-0.25, -0.2) is 4.79 Å². The molecule has 0 saturated carbocycles. The maximum absolute atomic E-state index is 12.4. The summed E-state index contributed by atoms with van der Waals surface area (Å²) in [6, 6.07) is 14.3. The fourth-order valence-electron chi connectivity index (χ4n) is 2.65. The third-order valence-electron chi connectivity index (χ3n) is 3.99.